The Kier molecular flexibility index (Phi) is 5.39. The molecule has 1 fully saturated rings. The van der Waals surface area contributed by atoms with Gasteiger partial charge in [0.05, 0.1) is 5.56 Å². The summed E-state index contributed by atoms with van der Waals surface area (Å²) in [6, 6.07) is 17.1. The number of aromatic amines is 1. The highest BCUT2D eigenvalue weighted by atomic mass is 16.2. The number of hydrogen-bond acceptors (Lipinski definition) is 4. The summed E-state index contributed by atoms with van der Waals surface area (Å²) in [5.41, 5.74) is 4.82. The van der Waals surface area contributed by atoms with E-state index >= 15 is 0 Å². The van der Waals surface area contributed by atoms with E-state index in [4.69, 9.17) is 0 Å². The van der Waals surface area contributed by atoms with Gasteiger partial charge in [0.1, 0.15) is 0 Å². The zero-order chi connectivity index (χ0) is 21.9. The van der Waals surface area contributed by atoms with Crippen LogP contribution in [0.1, 0.15) is 20.7 Å². The van der Waals surface area contributed by atoms with Crippen LogP contribution in [0.4, 0.5) is 5.69 Å². The molecular formula is C25H23N5O2. The number of H-pyrrole nitrogens is 1. The van der Waals surface area contributed by atoms with Crippen LogP contribution < -0.4 is 10.6 Å². The smallest absolute Gasteiger partial charge is 0.257 e. The minimum atomic E-state index is -0.184. The number of nitrogens with zero attached hydrogens (tertiary/aromatic N) is 2. The Morgan fingerprint density at radius 3 is 2.38 bits per heavy atom. The molecule has 0 bridgehead atoms. The highest BCUT2D eigenvalue weighted by Crippen LogP contribution is 2.27. The van der Waals surface area contributed by atoms with Crippen LogP contribution in [0.2, 0.25) is 0 Å². The molecule has 5 rings (SSSR count). The molecule has 7 heteroatoms. The molecule has 4 aromatic rings. The molecule has 2 aromatic carbocycles. The van der Waals surface area contributed by atoms with Gasteiger partial charge in [0.2, 0.25) is 0 Å². The van der Waals surface area contributed by atoms with Gasteiger partial charge in [0.15, 0.2) is 0 Å². The number of amides is 2. The van der Waals surface area contributed by atoms with Crippen LogP contribution in [-0.4, -0.2) is 52.9 Å². The van der Waals surface area contributed by atoms with Crippen molar-refractivity contribution in [3.05, 3.63) is 84.3 Å². The van der Waals surface area contributed by atoms with Crippen molar-refractivity contribution < 1.29 is 9.59 Å². The van der Waals surface area contributed by atoms with E-state index in [-0.39, 0.29) is 11.8 Å². The van der Waals surface area contributed by atoms with Gasteiger partial charge in [-0.2, -0.15) is 0 Å². The molecule has 0 radical (unpaired) electrons. The fourth-order valence-electron chi connectivity index (χ4n) is 3.98. The van der Waals surface area contributed by atoms with E-state index in [9.17, 15) is 9.59 Å². The lowest BCUT2D eigenvalue weighted by molar-refractivity contribution is 0.0735. The molecule has 1 saturated heterocycles. The van der Waals surface area contributed by atoms with Gasteiger partial charge in [-0.25, -0.2) is 0 Å². The summed E-state index contributed by atoms with van der Waals surface area (Å²) in [5, 5.41) is 7.01. The first-order valence-electron chi connectivity index (χ1n) is 10.6. The number of hydrogen-bond donors (Lipinski definition) is 3. The third kappa shape index (κ3) is 3.98. The van der Waals surface area contributed by atoms with E-state index in [1.54, 1.807) is 30.7 Å². The fourth-order valence-corrected chi connectivity index (χ4v) is 3.98. The van der Waals surface area contributed by atoms with Crippen LogP contribution in [0.15, 0.2) is 73.2 Å². The normalized spacial score (nSPS) is 13.8. The zero-order valence-electron chi connectivity index (χ0n) is 17.5. The van der Waals surface area contributed by atoms with Crippen LogP contribution in [0.3, 0.4) is 0 Å². The number of nitrogens with one attached hydrogen (secondary N) is 3. The van der Waals surface area contributed by atoms with Gasteiger partial charge in [-0.15, -0.1) is 0 Å². The molecule has 0 atom stereocenters. The summed E-state index contributed by atoms with van der Waals surface area (Å²) in [6.07, 6.45) is 5.00. The van der Waals surface area contributed by atoms with E-state index < -0.39 is 0 Å². The van der Waals surface area contributed by atoms with E-state index in [0.29, 0.717) is 16.8 Å². The van der Waals surface area contributed by atoms with Crippen molar-refractivity contribution >= 4 is 28.4 Å². The Morgan fingerprint density at radius 2 is 1.62 bits per heavy atom. The number of anilines is 1. The van der Waals surface area contributed by atoms with Crippen LogP contribution in [0.25, 0.3) is 22.0 Å². The number of pyridine rings is 1. The summed E-state index contributed by atoms with van der Waals surface area (Å²) in [6.45, 7) is 3.12. The maximum Gasteiger partial charge on any atom is 0.257 e. The number of fused-ring (bicyclic) bond motifs is 1. The van der Waals surface area contributed by atoms with Gasteiger partial charge in [-0.3, -0.25) is 14.6 Å². The summed E-state index contributed by atoms with van der Waals surface area (Å²) in [4.78, 5) is 34.5. The first-order valence-corrected chi connectivity index (χ1v) is 10.6. The zero-order valence-corrected chi connectivity index (χ0v) is 17.5. The van der Waals surface area contributed by atoms with Gasteiger partial charge in [0, 0.05) is 66.9 Å². The molecule has 0 spiro atoms. The lowest BCUT2D eigenvalue weighted by Crippen LogP contribution is -2.46. The number of piperazine rings is 1. The van der Waals surface area contributed by atoms with Crippen LogP contribution in [0, 0.1) is 0 Å². The number of carbonyl (C=O) groups excluding carboxylic acids is 2. The monoisotopic (exact) mass is 425 g/mol. The van der Waals surface area contributed by atoms with Crippen molar-refractivity contribution in [3.63, 3.8) is 0 Å². The minimum absolute atomic E-state index is 0.0641. The Bertz CT molecular complexity index is 1260. The number of benzene rings is 2. The molecule has 3 heterocycles. The maximum absolute atomic E-state index is 12.8. The third-order valence-electron chi connectivity index (χ3n) is 5.73. The highest BCUT2D eigenvalue weighted by Gasteiger charge is 2.18. The molecule has 1 aliphatic heterocycles. The molecular weight excluding hydrogens is 402 g/mol. The van der Waals surface area contributed by atoms with Crippen molar-refractivity contribution in [3.8, 4) is 11.1 Å². The fraction of sp³-hybridized carbons (Fsp3) is 0.160. The second kappa shape index (κ2) is 8.64. The number of aromatic nitrogens is 2. The standard InChI is InChI=1S/C25H23N5O2/c31-24(29-20-7-9-26-10-8-20)22-16-28-23-6-5-19(15-21(22)23)17-1-3-18(4-2-17)25(32)30-13-11-27-12-14-30/h1-10,15-16,27-28H,11-14H2,(H,26,29,31). The van der Waals surface area contributed by atoms with E-state index in [1.807, 2.05) is 47.4 Å². The van der Waals surface area contributed by atoms with Crippen LogP contribution in [0.5, 0.6) is 0 Å². The lowest BCUT2D eigenvalue weighted by atomic mass is 10.0. The molecule has 1 aliphatic rings. The molecule has 0 aliphatic carbocycles. The van der Waals surface area contributed by atoms with Crippen molar-refractivity contribution in [2.24, 2.45) is 0 Å². The lowest BCUT2D eigenvalue weighted by Gasteiger charge is -2.27. The highest BCUT2D eigenvalue weighted by molar-refractivity contribution is 6.13. The van der Waals surface area contributed by atoms with E-state index in [1.165, 1.54) is 0 Å². The summed E-state index contributed by atoms with van der Waals surface area (Å²) >= 11 is 0. The average Bonchev–Trinajstić information content (AvgIpc) is 3.28. The Hall–Kier alpha value is -3.97. The molecule has 7 nitrogen and oxygen atoms in total. The molecule has 2 amide bonds. The van der Waals surface area contributed by atoms with Gasteiger partial charge in [-0.1, -0.05) is 18.2 Å². The Morgan fingerprint density at radius 1 is 0.906 bits per heavy atom. The van der Waals surface area contributed by atoms with Crippen molar-refractivity contribution in [1.82, 2.24) is 20.2 Å². The molecule has 2 aromatic heterocycles. The summed E-state index contributed by atoms with van der Waals surface area (Å²) < 4.78 is 0. The molecule has 0 unspecified atom stereocenters. The third-order valence-corrected chi connectivity index (χ3v) is 5.73. The molecule has 0 saturated carbocycles. The quantitative estimate of drug-likeness (QED) is 0.467. The van der Waals surface area contributed by atoms with Crippen LogP contribution in [-0.2, 0) is 0 Å². The predicted octanol–water partition coefficient (Wildman–Crippen LogP) is 3.53. The van der Waals surface area contributed by atoms with Gasteiger partial charge in [-0.05, 0) is 47.5 Å². The SMILES string of the molecule is O=C(Nc1ccncc1)c1c[nH]c2ccc(-c3ccc(C(=O)N4CCNCC4)cc3)cc12. The van der Waals surface area contributed by atoms with Crippen molar-refractivity contribution in [2.45, 2.75) is 0 Å². The van der Waals surface area contributed by atoms with Gasteiger partial charge >= 0.3 is 0 Å². The number of rotatable bonds is 4. The molecule has 160 valence electrons. The summed E-state index contributed by atoms with van der Waals surface area (Å²) in [5.74, 6) is -0.120. The van der Waals surface area contributed by atoms with E-state index in [0.717, 1.165) is 48.2 Å². The van der Waals surface area contributed by atoms with Gasteiger partial charge in [0.25, 0.3) is 11.8 Å². The predicted molar refractivity (Wildman–Crippen MR) is 125 cm³/mol. The maximum atomic E-state index is 12.8. The average molecular weight is 425 g/mol. The topological polar surface area (TPSA) is 90.1 Å². The Labute approximate surface area is 185 Å². The first-order chi connectivity index (χ1) is 15.7. The second-order valence-corrected chi connectivity index (χ2v) is 7.77. The number of carbonyl (C=O) groups is 2. The summed E-state index contributed by atoms with van der Waals surface area (Å²) in [7, 11) is 0. The van der Waals surface area contributed by atoms with Crippen LogP contribution >= 0.6 is 0 Å². The Balaban J connectivity index is 1.39. The van der Waals surface area contributed by atoms with E-state index in [2.05, 4.69) is 20.6 Å². The van der Waals surface area contributed by atoms with Crippen molar-refractivity contribution in [1.29, 1.82) is 0 Å². The minimum Gasteiger partial charge on any atom is -0.360 e. The first kappa shape index (κ1) is 20.0. The second-order valence-electron chi connectivity index (χ2n) is 7.77. The molecule has 3 N–H and O–H groups in total. The largest absolute Gasteiger partial charge is 0.360 e. The van der Waals surface area contributed by atoms with Crippen molar-refractivity contribution in [2.75, 3.05) is 31.5 Å². The molecule has 32 heavy (non-hydrogen) atoms. The van der Waals surface area contributed by atoms with Gasteiger partial charge < -0.3 is 20.5 Å².